The molecule has 1 aliphatic rings. The number of fused-ring (bicyclic) bond motifs is 2. The molecule has 1 aliphatic carbocycles. The SMILES string of the molecule is CCCc1cc2c(cc1S(=O)(=O)NS(=O)(=O)O)C(=O)c1cc(S(=O)(=O)NS(=O)(=O)O)ccc1C2=O. The van der Waals surface area contributed by atoms with Crippen LogP contribution in [0.4, 0.5) is 0 Å². The van der Waals surface area contributed by atoms with Gasteiger partial charge in [0, 0.05) is 22.3 Å². The van der Waals surface area contributed by atoms with Crippen LogP contribution in [0.5, 0.6) is 0 Å². The summed E-state index contributed by atoms with van der Waals surface area (Å²) in [6.07, 6.45) is 0.399. The normalized spacial score (nSPS) is 14.5. The Morgan fingerprint density at radius 3 is 1.71 bits per heavy atom. The van der Waals surface area contributed by atoms with E-state index >= 15 is 0 Å². The van der Waals surface area contributed by atoms with E-state index in [1.165, 1.54) is 0 Å². The molecule has 0 aliphatic heterocycles. The molecule has 0 unspecified atom stereocenters. The third-order valence-corrected chi connectivity index (χ3v) is 9.99. The third-order valence-electron chi connectivity index (χ3n) is 4.72. The van der Waals surface area contributed by atoms with Gasteiger partial charge in [0.05, 0.1) is 9.79 Å². The number of aryl methyl sites for hydroxylation is 1. The van der Waals surface area contributed by atoms with Gasteiger partial charge in [0.15, 0.2) is 11.6 Å². The van der Waals surface area contributed by atoms with E-state index in [0.717, 1.165) is 32.5 Å². The number of carbonyl (C=O) groups is 2. The van der Waals surface area contributed by atoms with Crippen molar-refractivity contribution in [3.63, 3.8) is 0 Å². The first-order chi connectivity index (χ1) is 15.9. The number of benzene rings is 2. The summed E-state index contributed by atoms with van der Waals surface area (Å²) in [5.41, 5.74) is -1.54. The minimum absolute atomic E-state index is 0.0245. The molecule has 0 saturated heterocycles. The highest BCUT2D eigenvalue weighted by molar-refractivity contribution is 8.02. The van der Waals surface area contributed by atoms with Crippen molar-refractivity contribution in [2.24, 2.45) is 0 Å². The number of hydrogen-bond donors (Lipinski definition) is 4. The molecule has 14 nitrogen and oxygen atoms in total. The van der Waals surface area contributed by atoms with Gasteiger partial charge in [-0.15, -0.1) is 0 Å². The highest BCUT2D eigenvalue weighted by Crippen LogP contribution is 2.33. The topological polar surface area (TPSA) is 235 Å². The highest BCUT2D eigenvalue weighted by atomic mass is 32.3. The zero-order valence-corrected chi connectivity index (χ0v) is 20.7. The summed E-state index contributed by atoms with van der Waals surface area (Å²) in [7, 11) is -20.2. The number of carbonyl (C=O) groups excluding carboxylic acids is 2. The average molecular weight is 569 g/mol. The molecule has 4 N–H and O–H groups in total. The van der Waals surface area contributed by atoms with Crippen molar-refractivity contribution in [1.29, 1.82) is 0 Å². The van der Waals surface area contributed by atoms with E-state index < -0.39 is 73.1 Å². The maximum atomic E-state index is 13.1. The molecule has 0 spiro atoms. The van der Waals surface area contributed by atoms with Crippen LogP contribution in [0.15, 0.2) is 40.1 Å². The fourth-order valence-electron chi connectivity index (χ4n) is 3.45. The molecule has 18 heteroatoms. The number of sulfonamides is 2. The van der Waals surface area contributed by atoms with Gasteiger partial charge < -0.3 is 0 Å². The third kappa shape index (κ3) is 5.64. The minimum Gasteiger partial charge on any atom is -0.289 e. The van der Waals surface area contributed by atoms with Crippen LogP contribution in [-0.2, 0) is 47.1 Å². The van der Waals surface area contributed by atoms with Crippen LogP contribution in [0, 0.1) is 0 Å². The molecule has 0 fully saturated rings. The molecule has 0 bridgehead atoms. The molecule has 3 rings (SSSR count). The van der Waals surface area contributed by atoms with Gasteiger partial charge in [-0.3, -0.25) is 18.7 Å². The Bertz CT molecular complexity index is 1710. The van der Waals surface area contributed by atoms with Crippen molar-refractivity contribution in [3.05, 3.63) is 58.1 Å². The molecular formula is C17H16N2O12S4. The highest BCUT2D eigenvalue weighted by Gasteiger charge is 2.35. The van der Waals surface area contributed by atoms with Crippen molar-refractivity contribution < 1.29 is 52.4 Å². The van der Waals surface area contributed by atoms with Gasteiger partial charge in [-0.2, -0.15) is 16.8 Å². The van der Waals surface area contributed by atoms with E-state index in [1.54, 1.807) is 6.92 Å². The van der Waals surface area contributed by atoms with E-state index in [9.17, 15) is 43.3 Å². The van der Waals surface area contributed by atoms with E-state index in [4.69, 9.17) is 9.11 Å². The fraction of sp³-hybridized carbons (Fsp3) is 0.176. The second-order valence-corrected chi connectivity index (χ2v) is 13.4. The Kier molecular flexibility index (Phi) is 6.81. The Morgan fingerprint density at radius 1 is 0.686 bits per heavy atom. The van der Waals surface area contributed by atoms with Crippen molar-refractivity contribution in [2.75, 3.05) is 0 Å². The number of hydrogen-bond acceptors (Lipinski definition) is 10. The summed E-state index contributed by atoms with van der Waals surface area (Å²) < 4.78 is 113. The van der Waals surface area contributed by atoms with Gasteiger partial charge in [0.1, 0.15) is 0 Å². The summed E-state index contributed by atoms with van der Waals surface area (Å²) >= 11 is 0. The Labute approximate surface area is 200 Å². The zero-order valence-electron chi connectivity index (χ0n) is 17.4. The molecule has 0 aromatic heterocycles. The molecule has 0 heterocycles. The van der Waals surface area contributed by atoms with Crippen molar-refractivity contribution in [3.8, 4) is 0 Å². The average Bonchev–Trinajstić information content (AvgIpc) is 2.68. The molecule has 0 atom stereocenters. The Morgan fingerprint density at radius 2 is 1.17 bits per heavy atom. The molecular weight excluding hydrogens is 552 g/mol. The standard InChI is InChI=1S/C17H16N2O12S4/c1-2-3-9-6-12-14(8-15(9)33(24,25)19-35(29,30)31)17(21)13-7-10(4-5-11(13)16(12)20)32(22,23)18-34(26,27)28/h4-8,18-19H,2-3H2,1H3,(H,26,27,28)(H,29,30,31). The van der Waals surface area contributed by atoms with E-state index in [-0.39, 0.29) is 23.1 Å². The number of nitrogens with one attached hydrogen (secondary N) is 2. The van der Waals surface area contributed by atoms with Crippen LogP contribution in [0.1, 0.15) is 50.8 Å². The predicted molar refractivity (Wildman–Crippen MR) is 117 cm³/mol. The predicted octanol–water partition coefficient (Wildman–Crippen LogP) is -0.423. The maximum Gasteiger partial charge on any atom is 0.346 e. The van der Waals surface area contributed by atoms with E-state index in [1.807, 2.05) is 0 Å². The first-order valence-corrected chi connectivity index (χ1v) is 15.1. The van der Waals surface area contributed by atoms with Crippen molar-refractivity contribution in [1.82, 2.24) is 8.25 Å². The molecule has 0 saturated carbocycles. The lowest BCUT2D eigenvalue weighted by atomic mass is 9.83. The lowest BCUT2D eigenvalue weighted by Crippen LogP contribution is -2.32. The maximum absolute atomic E-state index is 13.1. The van der Waals surface area contributed by atoms with Crippen LogP contribution in [0.25, 0.3) is 0 Å². The van der Waals surface area contributed by atoms with Crippen LogP contribution >= 0.6 is 0 Å². The summed E-state index contributed by atoms with van der Waals surface area (Å²) in [5.74, 6) is -1.81. The Hall–Kier alpha value is -2.58. The first kappa shape index (κ1) is 27.0. The lowest BCUT2D eigenvalue weighted by molar-refractivity contribution is 0.0978. The molecule has 0 radical (unpaired) electrons. The van der Waals surface area contributed by atoms with Crippen molar-refractivity contribution in [2.45, 2.75) is 29.6 Å². The zero-order chi connectivity index (χ0) is 26.6. The largest absolute Gasteiger partial charge is 0.346 e. The van der Waals surface area contributed by atoms with Crippen LogP contribution in [0.3, 0.4) is 0 Å². The smallest absolute Gasteiger partial charge is 0.289 e. The lowest BCUT2D eigenvalue weighted by Gasteiger charge is -2.21. The molecule has 2 aromatic carbocycles. The van der Waals surface area contributed by atoms with E-state index in [2.05, 4.69) is 0 Å². The van der Waals surface area contributed by atoms with Gasteiger partial charge in [0.2, 0.25) is 0 Å². The second kappa shape index (κ2) is 8.82. The van der Waals surface area contributed by atoms with E-state index in [0.29, 0.717) is 12.5 Å². The van der Waals surface area contributed by atoms with Gasteiger partial charge in [-0.05, 0) is 42.3 Å². The van der Waals surface area contributed by atoms with Gasteiger partial charge in [0.25, 0.3) is 20.0 Å². The quantitative estimate of drug-likeness (QED) is 0.253. The summed E-state index contributed by atoms with van der Waals surface area (Å²) in [4.78, 5) is 24.7. The minimum atomic E-state index is -5.23. The Balaban J connectivity index is 2.24. The monoisotopic (exact) mass is 568 g/mol. The molecule has 2 aromatic rings. The van der Waals surface area contributed by atoms with Gasteiger partial charge in [-0.25, -0.2) is 16.8 Å². The first-order valence-electron chi connectivity index (χ1n) is 9.28. The fourth-order valence-corrected chi connectivity index (χ4v) is 7.71. The molecule has 190 valence electrons. The molecule has 35 heavy (non-hydrogen) atoms. The second-order valence-electron chi connectivity index (χ2n) is 7.24. The molecule has 0 amide bonds. The summed E-state index contributed by atoms with van der Waals surface area (Å²) in [5, 5.41) is 0. The van der Waals surface area contributed by atoms with Gasteiger partial charge in [-0.1, -0.05) is 21.6 Å². The summed E-state index contributed by atoms with van der Waals surface area (Å²) in [6.45, 7) is 1.66. The van der Waals surface area contributed by atoms with Crippen molar-refractivity contribution >= 4 is 52.2 Å². The van der Waals surface area contributed by atoms with Gasteiger partial charge >= 0.3 is 20.6 Å². The van der Waals surface area contributed by atoms with Crippen LogP contribution in [-0.4, -0.2) is 54.3 Å². The summed E-state index contributed by atoms with van der Waals surface area (Å²) in [6, 6.07) is 4.25. The number of ketones is 2. The van der Waals surface area contributed by atoms with Crippen LogP contribution in [0.2, 0.25) is 0 Å². The number of rotatable bonds is 8. The van der Waals surface area contributed by atoms with Crippen LogP contribution < -0.4 is 8.25 Å².